The van der Waals surface area contributed by atoms with Gasteiger partial charge in [0.15, 0.2) is 5.96 Å². The van der Waals surface area contributed by atoms with Gasteiger partial charge in [0.1, 0.15) is 5.01 Å². The van der Waals surface area contributed by atoms with Crippen molar-refractivity contribution in [2.24, 2.45) is 4.99 Å². The van der Waals surface area contributed by atoms with E-state index < -0.39 is 0 Å². The topological polar surface area (TPSA) is 52.6 Å². The maximum absolute atomic E-state index is 6.35. The monoisotopic (exact) mass is 377 g/mol. The van der Waals surface area contributed by atoms with Gasteiger partial charge in [0.2, 0.25) is 0 Å². The standard InChI is InChI=1S/C18H24ClN5S/c1-13-10-21-17(25-13)11-22-18(20-2)23-14-6-5-9-24(12-14)16-8-4-3-7-15(16)19/h3-4,7-8,10,14H,5-6,9,11-12H2,1-2H3,(H2,20,22,23). The van der Waals surface area contributed by atoms with E-state index in [1.165, 1.54) is 4.88 Å². The van der Waals surface area contributed by atoms with Crippen molar-refractivity contribution in [2.75, 3.05) is 25.0 Å². The molecule has 1 aliphatic heterocycles. The molecule has 0 spiro atoms. The molecule has 1 unspecified atom stereocenters. The number of para-hydroxylation sites is 1. The summed E-state index contributed by atoms with van der Waals surface area (Å²) in [4.78, 5) is 12.3. The van der Waals surface area contributed by atoms with Crippen LogP contribution in [-0.4, -0.2) is 37.1 Å². The maximum Gasteiger partial charge on any atom is 0.191 e. The Kier molecular flexibility index (Phi) is 6.15. The van der Waals surface area contributed by atoms with Gasteiger partial charge >= 0.3 is 0 Å². The Morgan fingerprint density at radius 1 is 1.44 bits per heavy atom. The van der Waals surface area contributed by atoms with Crippen LogP contribution in [0, 0.1) is 6.92 Å². The van der Waals surface area contributed by atoms with Crippen molar-refractivity contribution < 1.29 is 0 Å². The number of rotatable bonds is 4. The van der Waals surface area contributed by atoms with Crippen LogP contribution in [0.15, 0.2) is 35.5 Å². The third kappa shape index (κ3) is 4.86. The minimum atomic E-state index is 0.342. The highest BCUT2D eigenvalue weighted by molar-refractivity contribution is 7.11. The van der Waals surface area contributed by atoms with E-state index in [0.29, 0.717) is 12.6 Å². The van der Waals surface area contributed by atoms with Gasteiger partial charge in [0, 0.05) is 37.3 Å². The first-order valence-corrected chi connectivity index (χ1v) is 9.73. The van der Waals surface area contributed by atoms with Crippen molar-refractivity contribution in [3.05, 3.63) is 45.4 Å². The number of aromatic nitrogens is 1. The van der Waals surface area contributed by atoms with Crippen LogP contribution in [0.2, 0.25) is 5.02 Å². The summed E-state index contributed by atoms with van der Waals surface area (Å²) in [6.07, 6.45) is 4.16. The molecule has 2 N–H and O–H groups in total. The fourth-order valence-electron chi connectivity index (χ4n) is 3.05. The molecule has 0 bridgehead atoms. The molecule has 0 aliphatic carbocycles. The zero-order valence-corrected chi connectivity index (χ0v) is 16.2. The number of hydrogen-bond acceptors (Lipinski definition) is 4. The van der Waals surface area contributed by atoms with Crippen molar-refractivity contribution in [3.8, 4) is 0 Å². The van der Waals surface area contributed by atoms with Crippen LogP contribution >= 0.6 is 22.9 Å². The number of thiazole rings is 1. The second-order valence-corrected chi connectivity index (χ2v) is 7.90. The molecule has 2 aromatic rings. The Bertz CT molecular complexity index is 730. The number of anilines is 1. The quantitative estimate of drug-likeness (QED) is 0.633. The lowest BCUT2D eigenvalue weighted by Crippen LogP contribution is -2.51. The minimum absolute atomic E-state index is 0.342. The zero-order chi connectivity index (χ0) is 17.6. The van der Waals surface area contributed by atoms with Crippen LogP contribution < -0.4 is 15.5 Å². The summed E-state index contributed by atoms with van der Waals surface area (Å²) >= 11 is 8.06. The molecule has 0 radical (unpaired) electrons. The summed E-state index contributed by atoms with van der Waals surface area (Å²) < 4.78 is 0. The average molecular weight is 378 g/mol. The summed E-state index contributed by atoms with van der Waals surface area (Å²) in [6, 6.07) is 8.38. The van der Waals surface area contributed by atoms with E-state index in [4.69, 9.17) is 11.6 Å². The van der Waals surface area contributed by atoms with Gasteiger partial charge in [-0.15, -0.1) is 11.3 Å². The molecule has 1 aromatic heterocycles. The molecule has 5 nitrogen and oxygen atoms in total. The van der Waals surface area contributed by atoms with E-state index in [1.807, 2.05) is 24.4 Å². The van der Waals surface area contributed by atoms with Gasteiger partial charge in [-0.05, 0) is 31.9 Å². The smallest absolute Gasteiger partial charge is 0.191 e. The number of piperidine rings is 1. The Morgan fingerprint density at radius 3 is 3.00 bits per heavy atom. The normalized spacial score (nSPS) is 18.3. The number of aliphatic imine (C=N–C) groups is 1. The van der Waals surface area contributed by atoms with Gasteiger partial charge in [0.05, 0.1) is 17.3 Å². The Balaban J connectivity index is 1.56. The molecule has 1 aliphatic rings. The largest absolute Gasteiger partial charge is 0.368 e. The lowest BCUT2D eigenvalue weighted by Gasteiger charge is -2.35. The predicted molar refractivity (Wildman–Crippen MR) is 107 cm³/mol. The number of nitrogens with one attached hydrogen (secondary N) is 2. The van der Waals surface area contributed by atoms with E-state index in [1.54, 1.807) is 18.4 Å². The number of halogens is 1. The first kappa shape index (κ1) is 18.0. The Labute approximate surface area is 158 Å². The fraction of sp³-hybridized carbons (Fsp3) is 0.444. The molecule has 0 amide bonds. The van der Waals surface area contributed by atoms with Crippen LogP contribution in [0.4, 0.5) is 5.69 Å². The van der Waals surface area contributed by atoms with Crippen molar-refractivity contribution in [2.45, 2.75) is 32.4 Å². The van der Waals surface area contributed by atoms with E-state index in [-0.39, 0.29) is 0 Å². The van der Waals surface area contributed by atoms with E-state index >= 15 is 0 Å². The highest BCUT2D eigenvalue weighted by Crippen LogP contribution is 2.27. The maximum atomic E-state index is 6.35. The molecule has 25 heavy (non-hydrogen) atoms. The van der Waals surface area contributed by atoms with Gasteiger partial charge in [-0.25, -0.2) is 4.98 Å². The molecule has 3 rings (SSSR count). The van der Waals surface area contributed by atoms with Crippen molar-refractivity contribution in [3.63, 3.8) is 0 Å². The van der Waals surface area contributed by atoms with Crippen molar-refractivity contribution >= 4 is 34.6 Å². The third-order valence-electron chi connectivity index (χ3n) is 4.26. The number of aryl methyl sites for hydroxylation is 1. The van der Waals surface area contributed by atoms with Crippen LogP contribution in [0.25, 0.3) is 0 Å². The summed E-state index contributed by atoms with van der Waals surface area (Å²) in [5.41, 5.74) is 1.11. The zero-order valence-electron chi connectivity index (χ0n) is 14.6. The van der Waals surface area contributed by atoms with E-state index in [9.17, 15) is 0 Å². The lowest BCUT2D eigenvalue weighted by molar-refractivity contribution is 0.468. The summed E-state index contributed by atoms with van der Waals surface area (Å²) in [6.45, 7) is 4.71. The molecule has 2 heterocycles. The number of hydrogen-bond donors (Lipinski definition) is 2. The van der Waals surface area contributed by atoms with Crippen LogP contribution in [0.5, 0.6) is 0 Å². The second kappa shape index (κ2) is 8.54. The lowest BCUT2D eigenvalue weighted by atomic mass is 10.0. The highest BCUT2D eigenvalue weighted by Gasteiger charge is 2.22. The van der Waals surface area contributed by atoms with Crippen molar-refractivity contribution in [1.82, 2.24) is 15.6 Å². The highest BCUT2D eigenvalue weighted by atomic mass is 35.5. The van der Waals surface area contributed by atoms with Gasteiger partial charge in [0.25, 0.3) is 0 Å². The minimum Gasteiger partial charge on any atom is -0.368 e. The Morgan fingerprint density at radius 2 is 2.28 bits per heavy atom. The van der Waals surface area contributed by atoms with Crippen LogP contribution in [0.3, 0.4) is 0 Å². The number of nitrogens with zero attached hydrogens (tertiary/aromatic N) is 3. The summed E-state index contributed by atoms with van der Waals surface area (Å²) in [5, 5.41) is 8.77. The SMILES string of the molecule is CN=C(NCc1ncc(C)s1)NC1CCCN(c2ccccc2Cl)C1. The van der Waals surface area contributed by atoms with Crippen LogP contribution in [0.1, 0.15) is 22.7 Å². The molecule has 0 saturated carbocycles. The molecular formula is C18H24ClN5S. The molecule has 1 saturated heterocycles. The molecular weight excluding hydrogens is 354 g/mol. The average Bonchev–Trinajstić information content (AvgIpc) is 3.04. The number of guanidine groups is 1. The van der Waals surface area contributed by atoms with Gasteiger partial charge < -0.3 is 15.5 Å². The second-order valence-electron chi connectivity index (χ2n) is 6.17. The molecule has 134 valence electrons. The molecule has 1 aromatic carbocycles. The van der Waals surface area contributed by atoms with Crippen LogP contribution in [-0.2, 0) is 6.54 Å². The summed E-state index contributed by atoms with van der Waals surface area (Å²) in [5.74, 6) is 0.818. The van der Waals surface area contributed by atoms with Crippen molar-refractivity contribution in [1.29, 1.82) is 0 Å². The first-order chi connectivity index (χ1) is 12.2. The molecule has 7 heteroatoms. The molecule has 1 fully saturated rings. The van der Waals surface area contributed by atoms with Gasteiger partial charge in [-0.1, -0.05) is 23.7 Å². The van der Waals surface area contributed by atoms with E-state index in [2.05, 4.69) is 38.5 Å². The van der Waals surface area contributed by atoms with E-state index in [0.717, 1.165) is 47.6 Å². The van der Waals surface area contributed by atoms with Gasteiger partial charge in [-0.2, -0.15) is 0 Å². The molecule has 1 atom stereocenters. The summed E-state index contributed by atoms with van der Waals surface area (Å²) in [7, 11) is 1.80. The fourth-order valence-corrected chi connectivity index (χ4v) is 4.03. The first-order valence-electron chi connectivity index (χ1n) is 8.53. The third-order valence-corrected chi connectivity index (χ3v) is 5.49. The van der Waals surface area contributed by atoms with Gasteiger partial charge in [-0.3, -0.25) is 4.99 Å². The Hall–Kier alpha value is -1.79. The number of benzene rings is 1. The predicted octanol–water partition coefficient (Wildman–Crippen LogP) is 3.44.